The summed E-state index contributed by atoms with van der Waals surface area (Å²) in [6.45, 7) is 3.24. The minimum atomic E-state index is -0.0600. The molecule has 0 radical (unpaired) electrons. The summed E-state index contributed by atoms with van der Waals surface area (Å²) in [5.41, 5.74) is 2.05. The van der Waals surface area contributed by atoms with E-state index in [0.29, 0.717) is 23.8 Å². The van der Waals surface area contributed by atoms with Crippen LogP contribution in [0.3, 0.4) is 0 Å². The molecule has 1 amide bonds. The van der Waals surface area contributed by atoms with Gasteiger partial charge in [-0.25, -0.2) is 4.98 Å². The summed E-state index contributed by atoms with van der Waals surface area (Å²) in [7, 11) is 1.95. The first-order valence-electron chi connectivity index (χ1n) is 11.1. The van der Waals surface area contributed by atoms with E-state index >= 15 is 0 Å². The van der Waals surface area contributed by atoms with Crippen molar-refractivity contribution in [2.24, 2.45) is 23.2 Å². The van der Waals surface area contributed by atoms with Gasteiger partial charge in [-0.15, -0.1) is 0 Å². The molecule has 1 aromatic carbocycles. The maximum absolute atomic E-state index is 12.9. The van der Waals surface area contributed by atoms with Crippen LogP contribution in [-0.2, 0) is 11.3 Å². The lowest BCUT2D eigenvalue weighted by atomic mass is 9.49. The number of amides is 1. The maximum Gasteiger partial charge on any atom is 0.261 e. The van der Waals surface area contributed by atoms with Crippen molar-refractivity contribution in [1.29, 1.82) is 0 Å². The zero-order valence-electron chi connectivity index (χ0n) is 17.6. The highest BCUT2D eigenvalue weighted by atomic mass is 16.2. The number of nitrogens with zero attached hydrogens (tertiary/aromatic N) is 3. The van der Waals surface area contributed by atoms with Gasteiger partial charge >= 0.3 is 0 Å². The molecule has 1 heterocycles. The van der Waals surface area contributed by atoms with E-state index in [9.17, 15) is 9.59 Å². The Morgan fingerprint density at radius 3 is 2.48 bits per heavy atom. The number of carbonyl (C=O) groups is 1. The van der Waals surface area contributed by atoms with Crippen molar-refractivity contribution >= 4 is 16.8 Å². The number of fused-ring (bicyclic) bond motifs is 1. The Kier molecular flexibility index (Phi) is 4.52. The zero-order chi connectivity index (χ0) is 20.2. The van der Waals surface area contributed by atoms with Gasteiger partial charge in [0.15, 0.2) is 0 Å². The molecule has 154 valence electrons. The van der Waals surface area contributed by atoms with Gasteiger partial charge in [0.2, 0.25) is 5.91 Å². The second-order valence-corrected chi connectivity index (χ2v) is 10.1. The van der Waals surface area contributed by atoms with E-state index in [1.54, 1.807) is 10.9 Å². The molecule has 0 saturated heterocycles. The van der Waals surface area contributed by atoms with Gasteiger partial charge in [-0.05, 0) is 80.2 Å². The van der Waals surface area contributed by atoms with Crippen molar-refractivity contribution in [1.82, 2.24) is 14.5 Å². The van der Waals surface area contributed by atoms with Crippen molar-refractivity contribution in [3.8, 4) is 0 Å². The quantitative estimate of drug-likeness (QED) is 0.777. The molecule has 4 aliphatic rings. The molecule has 2 aromatic rings. The van der Waals surface area contributed by atoms with Crippen LogP contribution in [0, 0.1) is 30.1 Å². The van der Waals surface area contributed by atoms with Crippen molar-refractivity contribution in [3.05, 3.63) is 40.4 Å². The molecule has 0 aliphatic heterocycles. The monoisotopic (exact) mass is 393 g/mol. The minimum Gasteiger partial charge on any atom is -0.345 e. The van der Waals surface area contributed by atoms with Gasteiger partial charge in [0, 0.05) is 26.6 Å². The van der Waals surface area contributed by atoms with Gasteiger partial charge in [0.05, 0.1) is 17.2 Å². The van der Waals surface area contributed by atoms with Crippen LogP contribution in [0.5, 0.6) is 0 Å². The van der Waals surface area contributed by atoms with E-state index in [2.05, 4.69) is 4.98 Å². The number of para-hydroxylation sites is 1. The molecule has 0 spiro atoms. The second-order valence-electron chi connectivity index (χ2n) is 10.1. The standard InChI is InChI=1S/C24H31N3O2/c1-16-4-3-5-20-22(16)25-15-27(23(20)29)7-6-21(28)26(2)14-24-11-17-8-18(12-24)10-19(9-17)13-24/h3-5,15,17-19H,6-14H2,1-2H3. The molecule has 1 aromatic heterocycles. The summed E-state index contributed by atoms with van der Waals surface area (Å²) in [6, 6.07) is 5.66. The third-order valence-electron chi connectivity index (χ3n) is 7.79. The van der Waals surface area contributed by atoms with Crippen molar-refractivity contribution in [3.63, 3.8) is 0 Å². The van der Waals surface area contributed by atoms with Gasteiger partial charge in [-0.2, -0.15) is 0 Å². The Bertz CT molecular complexity index is 974. The summed E-state index contributed by atoms with van der Waals surface area (Å²) < 4.78 is 1.58. The van der Waals surface area contributed by atoms with E-state index in [4.69, 9.17) is 0 Å². The number of aryl methyl sites for hydroxylation is 2. The number of hydrogen-bond acceptors (Lipinski definition) is 3. The number of carbonyl (C=O) groups excluding carboxylic acids is 1. The summed E-state index contributed by atoms with van der Waals surface area (Å²) in [5.74, 6) is 2.83. The highest BCUT2D eigenvalue weighted by molar-refractivity contribution is 5.80. The third-order valence-corrected chi connectivity index (χ3v) is 7.79. The molecule has 4 aliphatic carbocycles. The first-order chi connectivity index (χ1) is 13.9. The maximum atomic E-state index is 12.9. The predicted octanol–water partition coefficient (Wildman–Crippen LogP) is 3.77. The Labute approximate surface area is 172 Å². The van der Waals surface area contributed by atoms with E-state index < -0.39 is 0 Å². The van der Waals surface area contributed by atoms with Crippen LogP contribution in [0.25, 0.3) is 10.9 Å². The van der Waals surface area contributed by atoms with Gasteiger partial charge in [-0.3, -0.25) is 14.2 Å². The highest BCUT2D eigenvalue weighted by Gasteiger charge is 2.51. The van der Waals surface area contributed by atoms with Gasteiger partial charge in [-0.1, -0.05) is 12.1 Å². The average Bonchev–Trinajstić information content (AvgIpc) is 2.66. The zero-order valence-corrected chi connectivity index (χ0v) is 17.6. The largest absolute Gasteiger partial charge is 0.345 e. The lowest BCUT2D eigenvalue weighted by molar-refractivity contribution is -0.135. The van der Waals surface area contributed by atoms with Crippen LogP contribution in [0.1, 0.15) is 50.5 Å². The van der Waals surface area contributed by atoms with E-state index in [1.807, 2.05) is 37.1 Å². The molecule has 29 heavy (non-hydrogen) atoms. The normalized spacial score (nSPS) is 30.1. The summed E-state index contributed by atoms with van der Waals surface area (Å²) in [4.78, 5) is 32.0. The average molecular weight is 394 g/mol. The SMILES string of the molecule is Cc1cccc2c(=O)n(CCC(=O)N(C)CC34CC5CC(CC(C5)C3)C4)cnc12. The number of hydrogen-bond donors (Lipinski definition) is 0. The number of benzene rings is 1. The van der Waals surface area contributed by atoms with Gasteiger partial charge in [0.1, 0.15) is 0 Å². The molecule has 5 nitrogen and oxygen atoms in total. The van der Waals surface area contributed by atoms with E-state index in [-0.39, 0.29) is 11.5 Å². The number of aromatic nitrogens is 2. The first kappa shape index (κ1) is 18.8. The van der Waals surface area contributed by atoms with Crippen LogP contribution in [0.4, 0.5) is 0 Å². The van der Waals surface area contributed by atoms with Gasteiger partial charge < -0.3 is 4.90 Å². The fraction of sp³-hybridized carbons (Fsp3) is 0.625. The number of rotatable bonds is 5. The predicted molar refractivity (Wildman–Crippen MR) is 114 cm³/mol. The van der Waals surface area contributed by atoms with Crippen molar-refractivity contribution < 1.29 is 4.79 Å². The Morgan fingerprint density at radius 2 is 1.83 bits per heavy atom. The molecule has 0 N–H and O–H groups in total. The van der Waals surface area contributed by atoms with Crippen molar-refractivity contribution in [2.45, 2.75) is 58.4 Å². The van der Waals surface area contributed by atoms with Crippen LogP contribution in [-0.4, -0.2) is 34.0 Å². The summed E-state index contributed by atoms with van der Waals surface area (Å²) in [5, 5.41) is 0.627. The first-order valence-corrected chi connectivity index (χ1v) is 11.1. The highest BCUT2D eigenvalue weighted by Crippen LogP contribution is 2.60. The summed E-state index contributed by atoms with van der Waals surface area (Å²) in [6.07, 6.45) is 10.1. The Balaban J connectivity index is 1.25. The molecule has 4 bridgehead atoms. The Morgan fingerprint density at radius 1 is 1.17 bits per heavy atom. The van der Waals surface area contributed by atoms with Gasteiger partial charge in [0.25, 0.3) is 5.56 Å². The van der Waals surface area contributed by atoms with E-state index in [1.165, 1.54) is 38.5 Å². The Hall–Kier alpha value is -2.17. The van der Waals surface area contributed by atoms with E-state index in [0.717, 1.165) is 35.4 Å². The van der Waals surface area contributed by atoms with Crippen LogP contribution < -0.4 is 5.56 Å². The van der Waals surface area contributed by atoms with Crippen molar-refractivity contribution in [2.75, 3.05) is 13.6 Å². The molecular formula is C24H31N3O2. The molecular weight excluding hydrogens is 362 g/mol. The van der Waals surface area contributed by atoms with Crippen LogP contribution in [0.15, 0.2) is 29.3 Å². The molecule has 0 atom stereocenters. The second kappa shape index (κ2) is 6.96. The fourth-order valence-electron chi connectivity index (χ4n) is 6.98. The lowest BCUT2D eigenvalue weighted by Crippen LogP contribution is -2.51. The smallest absolute Gasteiger partial charge is 0.261 e. The molecule has 4 fully saturated rings. The minimum absolute atomic E-state index is 0.0600. The van der Waals surface area contributed by atoms with Crippen LogP contribution in [0.2, 0.25) is 0 Å². The lowest BCUT2D eigenvalue weighted by Gasteiger charge is -2.57. The fourth-order valence-corrected chi connectivity index (χ4v) is 6.98. The molecule has 6 rings (SSSR count). The molecule has 5 heteroatoms. The summed E-state index contributed by atoms with van der Waals surface area (Å²) >= 11 is 0. The molecule has 0 unspecified atom stereocenters. The van der Waals surface area contributed by atoms with Crippen LogP contribution >= 0.6 is 0 Å². The topological polar surface area (TPSA) is 55.2 Å². The molecule has 4 saturated carbocycles. The third kappa shape index (κ3) is 3.38.